The largest absolute Gasteiger partial charge is 0.486 e. The van der Waals surface area contributed by atoms with Gasteiger partial charge in [-0.2, -0.15) is 0 Å². The maximum Gasteiger partial charge on any atom is 0.240 e. The summed E-state index contributed by atoms with van der Waals surface area (Å²) in [5.41, 5.74) is 3.50. The van der Waals surface area contributed by atoms with E-state index in [-0.39, 0.29) is 30.2 Å². The van der Waals surface area contributed by atoms with E-state index in [0.717, 1.165) is 27.5 Å². The van der Waals surface area contributed by atoms with Crippen LogP contribution in [-0.2, 0) is 9.59 Å². The molecule has 0 fully saturated rings. The second kappa shape index (κ2) is 7.94. The Morgan fingerprint density at radius 3 is 2.79 bits per heavy atom. The number of nitrogens with one attached hydrogen (secondary N) is 1. The van der Waals surface area contributed by atoms with Gasteiger partial charge in [-0.05, 0) is 50.1 Å². The van der Waals surface area contributed by atoms with E-state index in [1.54, 1.807) is 4.90 Å². The first-order chi connectivity index (χ1) is 13.9. The molecule has 8 heteroatoms. The van der Waals surface area contributed by atoms with Crippen molar-refractivity contribution in [1.29, 1.82) is 0 Å². The van der Waals surface area contributed by atoms with Crippen molar-refractivity contribution >= 4 is 29.3 Å². The van der Waals surface area contributed by atoms with Crippen LogP contribution in [0.2, 0.25) is 0 Å². The second-order valence-corrected chi connectivity index (χ2v) is 8.16. The van der Waals surface area contributed by atoms with Crippen molar-refractivity contribution in [2.75, 3.05) is 30.4 Å². The Balaban J connectivity index is 1.48. The molecule has 7 nitrogen and oxygen atoms in total. The van der Waals surface area contributed by atoms with Crippen LogP contribution in [0.25, 0.3) is 0 Å². The fourth-order valence-electron chi connectivity index (χ4n) is 3.57. The topological polar surface area (TPSA) is 80.8 Å². The van der Waals surface area contributed by atoms with Gasteiger partial charge in [-0.1, -0.05) is 17.8 Å². The van der Waals surface area contributed by atoms with Gasteiger partial charge in [-0.3, -0.25) is 14.5 Å². The van der Waals surface area contributed by atoms with Gasteiger partial charge in [0, 0.05) is 5.69 Å². The first-order valence-corrected chi connectivity index (χ1v) is 10.5. The highest BCUT2D eigenvalue weighted by Gasteiger charge is 2.29. The molecule has 1 aromatic heterocycles. The van der Waals surface area contributed by atoms with E-state index in [2.05, 4.69) is 10.3 Å². The Morgan fingerprint density at radius 1 is 1.24 bits per heavy atom. The standard InChI is InChI=1S/C21H23N3O4S/c1-12-8-13(2)22-21-20(12)24(19(26)11-29-21)10-18(25)23-14(3)15-4-5-16-17(9-15)28-7-6-27-16/h4-5,8-9,14H,6-7,10-11H2,1-3H3,(H,23,25)/t14-/m1/s1. The lowest BCUT2D eigenvalue weighted by molar-refractivity contribution is -0.123. The van der Waals surface area contributed by atoms with E-state index in [0.29, 0.717) is 24.7 Å². The number of hydrogen-bond acceptors (Lipinski definition) is 6. The summed E-state index contributed by atoms with van der Waals surface area (Å²) >= 11 is 1.42. The first kappa shape index (κ1) is 19.6. The van der Waals surface area contributed by atoms with E-state index in [1.807, 2.05) is 45.0 Å². The lowest BCUT2D eigenvalue weighted by Gasteiger charge is -2.30. The third-order valence-corrected chi connectivity index (χ3v) is 5.88. The number of fused-ring (bicyclic) bond motifs is 2. The van der Waals surface area contributed by atoms with Crippen molar-refractivity contribution in [2.45, 2.75) is 31.8 Å². The molecule has 0 aliphatic carbocycles. The Bertz CT molecular complexity index is 979. The van der Waals surface area contributed by atoms with Crippen LogP contribution in [0.3, 0.4) is 0 Å². The molecule has 0 saturated heterocycles. The van der Waals surface area contributed by atoms with Crippen LogP contribution < -0.4 is 19.7 Å². The number of thioether (sulfide) groups is 1. The molecule has 1 atom stereocenters. The molecule has 152 valence electrons. The molecule has 0 bridgehead atoms. The Kier molecular flexibility index (Phi) is 5.36. The summed E-state index contributed by atoms with van der Waals surface area (Å²) in [6.45, 7) is 6.79. The van der Waals surface area contributed by atoms with Crippen molar-refractivity contribution in [3.8, 4) is 11.5 Å². The lowest BCUT2D eigenvalue weighted by Crippen LogP contribution is -2.44. The molecule has 2 aliphatic heterocycles. The summed E-state index contributed by atoms with van der Waals surface area (Å²) in [5.74, 6) is 1.37. The van der Waals surface area contributed by atoms with Crippen LogP contribution in [-0.4, -0.2) is 42.3 Å². The number of ether oxygens (including phenoxy) is 2. The van der Waals surface area contributed by atoms with Crippen LogP contribution in [0.1, 0.15) is 29.8 Å². The minimum Gasteiger partial charge on any atom is -0.486 e. The SMILES string of the molecule is Cc1cc(C)c2c(n1)SCC(=O)N2CC(=O)N[C@H](C)c1ccc2c(c1)OCCO2. The number of benzene rings is 1. The number of rotatable bonds is 4. The maximum atomic E-state index is 12.7. The van der Waals surface area contributed by atoms with Gasteiger partial charge in [-0.15, -0.1) is 0 Å². The van der Waals surface area contributed by atoms with Gasteiger partial charge in [0.05, 0.1) is 17.5 Å². The molecule has 0 spiro atoms. The summed E-state index contributed by atoms with van der Waals surface area (Å²) in [6, 6.07) is 7.35. The minimum atomic E-state index is -0.232. The Labute approximate surface area is 173 Å². The predicted molar refractivity (Wildman–Crippen MR) is 111 cm³/mol. The van der Waals surface area contributed by atoms with Crippen molar-refractivity contribution in [3.63, 3.8) is 0 Å². The molecular weight excluding hydrogens is 390 g/mol. The molecular formula is C21H23N3O4S. The van der Waals surface area contributed by atoms with Crippen LogP contribution in [0.15, 0.2) is 29.3 Å². The molecule has 2 aliphatic rings. The smallest absolute Gasteiger partial charge is 0.240 e. The van der Waals surface area contributed by atoms with Crippen LogP contribution in [0, 0.1) is 13.8 Å². The van der Waals surface area contributed by atoms with Crippen LogP contribution in [0.5, 0.6) is 11.5 Å². The number of aryl methyl sites for hydroxylation is 2. The molecule has 0 radical (unpaired) electrons. The molecule has 1 aromatic carbocycles. The van der Waals surface area contributed by atoms with E-state index < -0.39 is 0 Å². The van der Waals surface area contributed by atoms with E-state index in [1.165, 1.54) is 11.8 Å². The molecule has 2 amide bonds. The fourth-order valence-corrected chi connectivity index (χ4v) is 4.60. The highest BCUT2D eigenvalue weighted by atomic mass is 32.2. The average Bonchev–Trinajstić information content (AvgIpc) is 2.69. The zero-order chi connectivity index (χ0) is 20.5. The molecule has 29 heavy (non-hydrogen) atoms. The van der Waals surface area contributed by atoms with Crippen molar-refractivity contribution in [1.82, 2.24) is 10.3 Å². The van der Waals surface area contributed by atoms with Crippen LogP contribution >= 0.6 is 11.8 Å². The van der Waals surface area contributed by atoms with Gasteiger partial charge in [-0.25, -0.2) is 4.98 Å². The lowest BCUT2D eigenvalue weighted by atomic mass is 10.1. The van der Waals surface area contributed by atoms with Gasteiger partial charge in [0.1, 0.15) is 24.8 Å². The highest BCUT2D eigenvalue weighted by Crippen LogP contribution is 2.37. The number of amides is 2. The highest BCUT2D eigenvalue weighted by molar-refractivity contribution is 8.00. The zero-order valence-corrected chi connectivity index (χ0v) is 17.5. The number of aromatic nitrogens is 1. The van der Waals surface area contributed by atoms with Gasteiger partial charge in [0.25, 0.3) is 0 Å². The zero-order valence-electron chi connectivity index (χ0n) is 16.7. The number of carbonyl (C=O) groups is 2. The maximum absolute atomic E-state index is 12.7. The van der Waals surface area contributed by atoms with Gasteiger partial charge < -0.3 is 14.8 Å². The molecule has 0 saturated carbocycles. The van der Waals surface area contributed by atoms with Crippen molar-refractivity contribution < 1.29 is 19.1 Å². The number of hydrogen-bond donors (Lipinski definition) is 1. The summed E-state index contributed by atoms with van der Waals surface area (Å²) < 4.78 is 11.2. The van der Waals surface area contributed by atoms with Crippen LogP contribution in [0.4, 0.5) is 5.69 Å². The monoisotopic (exact) mass is 413 g/mol. The quantitative estimate of drug-likeness (QED) is 0.830. The summed E-state index contributed by atoms with van der Waals surface area (Å²) in [7, 11) is 0. The predicted octanol–water partition coefficient (Wildman–Crippen LogP) is 2.79. The number of nitrogens with zero attached hydrogens (tertiary/aromatic N) is 2. The fraction of sp³-hybridized carbons (Fsp3) is 0.381. The Morgan fingerprint density at radius 2 is 2.00 bits per heavy atom. The number of pyridine rings is 1. The van der Waals surface area contributed by atoms with Crippen molar-refractivity contribution in [2.24, 2.45) is 0 Å². The molecule has 0 unspecified atom stereocenters. The van der Waals surface area contributed by atoms with Gasteiger partial charge in [0.15, 0.2) is 11.5 Å². The summed E-state index contributed by atoms with van der Waals surface area (Å²) in [4.78, 5) is 31.3. The normalized spacial score (nSPS) is 16.2. The molecule has 2 aromatic rings. The summed E-state index contributed by atoms with van der Waals surface area (Å²) in [5, 5.41) is 3.78. The second-order valence-electron chi connectivity index (χ2n) is 7.20. The third-order valence-electron chi connectivity index (χ3n) is 4.93. The molecule has 3 heterocycles. The third kappa shape index (κ3) is 4.03. The van der Waals surface area contributed by atoms with E-state index >= 15 is 0 Å². The Hall–Kier alpha value is -2.74. The molecule has 1 N–H and O–H groups in total. The number of anilines is 1. The summed E-state index contributed by atoms with van der Waals surface area (Å²) in [6.07, 6.45) is 0. The van der Waals surface area contributed by atoms with Gasteiger partial charge >= 0.3 is 0 Å². The minimum absolute atomic E-state index is 0.0349. The molecule has 4 rings (SSSR count). The van der Waals surface area contributed by atoms with E-state index in [9.17, 15) is 9.59 Å². The van der Waals surface area contributed by atoms with Crippen molar-refractivity contribution in [3.05, 3.63) is 41.1 Å². The first-order valence-electron chi connectivity index (χ1n) is 9.52. The average molecular weight is 413 g/mol. The van der Waals surface area contributed by atoms with Gasteiger partial charge in [0.2, 0.25) is 11.8 Å². The number of carbonyl (C=O) groups excluding carboxylic acids is 2. The van der Waals surface area contributed by atoms with E-state index in [4.69, 9.17) is 9.47 Å².